The number of rotatable bonds is 4. The molecule has 0 aromatic rings. The van der Waals surface area contributed by atoms with Crippen LogP contribution in [0.3, 0.4) is 0 Å². The first-order chi connectivity index (χ1) is 8.04. The van der Waals surface area contributed by atoms with Gasteiger partial charge in [0, 0.05) is 12.1 Å². The van der Waals surface area contributed by atoms with Gasteiger partial charge in [-0.1, -0.05) is 18.9 Å². The van der Waals surface area contributed by atoms with Crippen molar-refractivity contribution in [1.82, 2.24) is 10.6 Å². The molecule has 3 N–H and O–H groups in total. The minimum Gasteiger partial charge on any atom is -0.481 e. The monoisotopic (exact) mass is 240 g/mol. The van der Waals surface area contributed by atoms with Gasteiger partial charge < -0.3 is 15.7 Å². The number of carbonyl (C=O) groups is 2. The van der Waals surface area contributed by atoms with Crippen molar-refractivity contribution in [3.8, 4) is 0 Å². The van der Waals surface area contributed by atoms with Crippen molar-refractivity contribution < 1.29 is 14.7 Å². The molecule has 5 heteroatoms. The van der Waals surface area contributed by atoms with Gasteiger partial charge >= 0.3 is 12.0 Å². The Morgan fingerprint density at radius 2 is 2.06 bits per heavy atom. The highest BCUT2D eigenvalue weighted by Gasteiger charge is 2.31. The topological polar surface area (TPSA) is 78.4 Å². The highest BCUT2D eigenvalue weighted by Crippen LogP contribution is 2.24. The minimum atomic E-state index is -0.827. The Kier molecular flexibility index (Phi) is 5.00. The minimum absolute atomic E-state index is 0.123. The third kappa shape index (κ3) is 4.09. The molecule has 0 bridgehead atoms. The van der Waals surface area contributed by atoms with Crippen molar-refractivity contribution in [2.45, 2.75) is 44.7 Å². The molecule has 0 spiro atoms. The normalized spacial score (nSPS) is 25.7. The van der Waals surface area contributed by atoms with Gasteiger partial charge in [0.2, 0.25) is 0 Å². The van der Waals surface area contributed by atoms with Gasteiger partial charge in [-0.25, -0.2) is 4.79 Å². The van der Waals surface area contributed by atoms with Crippen molar-refractivity contribution in [3.05, 3.63) is 12.7 Å². The van der Waals surface area contributed by atoms with Crippen molar-refractivity contribution >= 4 is 12.0 Å². The summed E-state index contributed by atoms with van der Waals surface area (Å²) in [5.74, 6) is -1.29. The molecule has 1 fully saturated rings. The summed E-state index contributed by atoms with van der Waals surface area (Å²) in [5, 5.41) is 14.5. The number of urea groups is 1. The van der Waals surface area contributed by atoms with E-state index >= 15 is 0 Å². The van der Waals surface area contributed by atoms with Crippen molar-refractivity contribution in [1.29, 1.82) is 0 Å². The highest BCUT2D eigenvalue weighted by atomic mass is 16.4. The van der Waals surface area contributed by atoms with E-state index in [1.54, 1.807) is 6.08 Å². The molecule has 3 atom stereocenters. The summed E-state index contributed by atoms with van der Waals surface area (Å²) in [4.78, 5) is 22.6. The third-order valence-electron chi connectivity index (χ3n) is 3.11. The maximum absolute atomic E-state index is 11.6. The predicted molar refractivity (Wildman–Crippen MR) is 64.7 cm³/mol. The zero-order valence-electron chi connectivity index (χ0n) is 10.1. The largest absolute Gasteiger partial charge is 0.481 e. The van der Waals surface area contributed by atoms with Gasteiger partial charge in [0.1, 0.15) is 0 Å². The summed E-state index contributed by atoms with van der Waals surface area (Å²) in [5.41, 5.74) is 0. The first-order valence-corrected chi connectivity index (χ1v) is 5.97. The van der Waals surface area contributed by atoms with Crippen LogP contribution in [0.15, 0.2) is 12.7 Å². The molecule has 0 saturated heterocycles. The zero-order valence-corrected chi connectivity index (χ0v) is 10.1. The van der Waals surface area contributed by atoms with Crippen LogP contribution in [0.4, 0.5) is 4.79 Å². The van der Waals surface area contributed by atoms with Gasteiger partial charge in [-0.15, -0.1) is 6.58 Å². The van der Waals surface area contributed by atoms with Crippen molar-refractivity contribution in [2.24, 2.45) is 5.92 Å². The number of amides is 2. The molecule has 0 aromatic heterocycles. The summed E-state index contributed by atoms with van der Waals surface area (Å²) in [6.45, 7) is 5.37. The van der Waals surface area contributed by atoms with Crippen LogP contribution in [0.2, 0.25) is 0 Å². The quantitative estimate of drug-likeness (QED) is 0.652. The van der Waals surface area contributed by atoms with Crippen LogP contribution in [0, 0.1) is 5.92 Å². The molecule has 3 unspecified atom stereocenters. The smallest absolute Gasteiger partial charge is 0.315 e. The van der Waals surface area contributed by atoms with Gasteiger partial charge in [0.05, 0.1) is 5.92 Å². The highest BCUT2D eigenvalue weighted by molar-refractivity contribution is 5.77. The lowest BCUT2D eigenvalue weighted by Crippen LogP contribution is -2.50. The lowest BCUT2D eigenvalue weighted by atomic mass is 9.84. The van der Waals surface area contributed by atoms with Crippen LogP contribution in [0.1, 0.15) is 32.6 Å². The molecule has 1 aliphatic rings. The number of carboxylic acids is 1. The summed E-state index contributed by atoms with van der Waals surface area (Å²) in [7, 11) is 0. The second kappa shape index (κ2) is 6.27. The standard InChI is InChI=1S/C12H20N2O3/c1-3-8(2)13-12(17)14-10-7-5-4-6-9(10)11(15)16/h3,8-10H,1,4-7H2,2H3,(H,15,16)(H2,13,14,17). The second-order valence-electron chi connectivity index (χ2n) is 4.48. The summed E-state index contributed by atoms with van der Waals surface area (Å²) in [6, 6.07) is -0.712. The Labute approximate surface area is 101 Å². The summed E-state index contributed by atoms with van der Waals surface area (Å²) < 4.78 is 0. The molecule has 1 saturated carbocycles. The van der Waals surface area contributed by atoms with Crippen molar-refractivity contribution in [3.63, 3.8) is 0 Å². The molecular formula is C12H20N2O3. The Balaban J connectivity index is 2.50. The fourth-order valence-corrected chi connectivity index (χ4v) is 2.07. The molecule has 0 aliphatic heterocycles. The average Bonchev–Trinajstić information content (AvgIpc) is 2.29. The van der Waals surface area contributed by atoms with E-state index in [-0.39, 0.29) is 18.1 Å². The first kappa shape index (κ1) is 13.5. The average molecular weight is 240 g/mol. The molecule has 1 rings (SSSR count). The molecule has 0 radical (unpaired) electrons. The van der Waals surface area contributed by atoms with Crippen LogP contribution in [0.25, 0.3) is 0 Å². The third-order valence-corrected chi connectivity index (χ3v) is 3.11. The van der Waals surface area contributed by atoms with Crippen LogP contribution in [-0.4, -0.2) is 29.2 Å². The maximum atomic E-state index is 11.6. The molecule has 0 heterocycles. The lowest BCUT2D eigenvalue weighted by Gasteiger charge is -2.29. The fraction of sp³-hybridized carbons (Fsp3) is 0.667. The van der Waals surface area contributed by atoms with Gasteiger partial charge in [0.15, 0.2) is 0 Å². The molecule has 5 nitrogen and oxygen atoms in total. The summed E-state index contributed by atoms with van der Waals surface area (Å²) >= 11 is 0. The van der Waals surface area contributed by atoms with E-state index in [0.29, 0.717) is 6.42 Å². The Morgan fingerprint density at radius 3 is 2.65 bits per heavy atom. The number of nitrogens with one attached hydrogen (secondary N) is 2. The van der Waals surface area contributed by atoms with E-state index in [9.17, 15) is 9.59 Å². The van der Waals surface area contributed by atoms with Gasteiger partial charge in [-0.3, -0.25) is 4.79 Å². The van der Waals surface area contributed by atoms with E-state index in [1.165, 1.54) is 0 Å². The number of hydrogen-bond acceptors (Lipinski definition) is 2. The van der Waals surface area contributed by atoms with Crippen LogP contribution in [0.5, 0.6) is 0 Å². The van der Waals surface area contributed by atoms with E-state index < -0.39 is 11.9 Å². The van der Waals surface area contributed by atoms with Crippen LogP contribution in [-0.2, 0) is 4.79 Å². The maximum Gasteiger partial charge on any atom is 0.315 e. The predicted octanol–water partition coefficient (Wildman–Crippen LogP) is 1.50. The van der Waals surface area contributed by atoms with Gasteiger partial charge in [-0.2, -0.15) is 0 Å². The van der Waals surface area contributed by atoms with Gasteiger partial charge in [-0.05, 0) is 19.8 Å². The Hall–Kier alpha value is -1.52. The van der Waals surface area contributed by atoms with E-state index in [0.717, 1.165) is 19.3 Å². The Morgan fingerprint density at radius 1 is 1.41 bits per heavy atom. The lowest BCUT2D eigenvalue weighted by molar-refractivity contribution is -0.143. The van der Waals surface area contributed by atoms with E-state index in [1.807, 2.05) is 6.92 Å². The summed E-state index contributed by atoms with van der Waals surface area (Å²) in [6.07, 6.45) is 4.87. The molecule has 17 heavy (non-hydrogen) atoms. The number of hydrogen-bond donors (Lipinski definition) is 3. The number of carbonyl (C=O) groups excluding carboxylic acids is 1. The Bertz CT molecular complexity index is 304. The second-order valence-corrected chi connectivity index (χ2v) is 4.48. The van der Waals surface area contributed by atoms with Crippen molar-refractivity contribution in [2.75, 3.05) is 0 Å². The number of carboxylic acid groups (broad SMARTS) is 1. The SMILES string of the molecule is C=CC(C)NC(=O)NC1CCCCC1C(=O)O. The van der Waals surface area contributed by atoms with E-state index in [2.05, 4.69) is 17.2 Å². The van der Waals surface area contributed by atoms with Gasteiger partial charge in [0.25, 0.3) is 0 Å². The molecule has 2 amide bonds. The molecule has 96 valence electrons. The molecule has 0 aromatic carbocycles. The molecule has 1 aliphatic carbocycles. The zero-order chi connectivity index (χ0) is 12.8. The first-order valence-electron chi connectivity index (χ1n) is 5.97. The fourth-order valence-electron chi connectivity index (χ4n) is 2.07. The molecular weight excluding hydrogens is 220 g/mol. The van der Waals surface area contributed by atoms with Crippen LogP contribution >= 0.6 is 0 Å². The van der Waals surface area contributed by atoms with Crippen LogP contribution < -0.4 is 10.6 Å². The van der Waals surface area contributed by atoms with E-state index in [4.69, 9.17) is 5.11 Å². The number of aliphatic carboxylic acids is 1.